The molecule has 0 radical (unpaired) electrons. The van der Waals surface area contributed by atoms with Crippen LogP contribution in [0.1, 0.15) is 32.6 Å². The zero-order valence-corrected chi connectivity index (χ0v) is 12.2. The van der Waals surface area contributed by atoms with Crippen LogP contribution >= 0.6 is 0 Å². The van der Waals surface area contributed by atoms with Crippen LogP contribution in [0.3, 0.4) is 0 Å². The maximum Gasteiger partial charge on any atom is 0.0224 e. The van der Waals surface area contributed by atoms with Crippen molar-refractivity contribution in [1.82, 2.24) is 14.7 Å². The Morgan fingerprint density at radius 3 is 2.50 bits per heavy atom. The Hall–Kier alpha value is -0.120. The summed E-state index contributed by atoms with van der Waals surface area (Å²) in [5, 5.41) is 0. The van der Waals surface area contributed by atoms with Crippen molar-refractivity contribution in [2.24, 2.45) is 5.41 Å². The highest BCUT2D eigenvalue weighted by Crippen LogP contribution is 2.42. The van der Waals surface area contributed by atoms with Gasteiger partial charge in [-0.3, -0.25) is 4.90 Å². The van der Waals surface area contributed by atoms with E-state index in [1.807, 2.05) is 0 Å². The van der Waals surface area contributed by atoms with E-state index >= 15 is 0 Å². The van der Waals surface area contributed by atoms with E-state index in [2.05, 4.69) is 28.7 Å². The highest BCUT2D eigenvalue weighted by atomic mass is 15.3. The van der Waals surface area contributed by atoms with E-state index < -0.39 is 0 Å². The minimum atomic E-state index is 0.709. The van der Waals surface area contributed by atoms with Crippen molar-refractivity contribution in [3.05, 3.63) is 0 Å². The zero-order chi connectivity index (χ0) is 12.6. The topological polar surface area (TPSA) is 9.72 Å². The first-order chi connectivity index (χ1) is 8.71. The van der Waals surface area contributed by atoms with Gasteiger partial charge in [0.25, 0.3) is 0 Å². The summed E-state index contributed by atoms with van der Waals surface area (Å²) in [7, 11) is 2.27. The van der Waals surface area contributed by atoms with Crippen LogP contribution in [0, 0.1) is 5.41 Å². The van der Waals surface area contributed by atoms with E-state index in [-0.39, 0.29) is 0 Å². The van der Waals surface area contributed by atoms with Crippen LogP contribution < -0.4 is 0 Å². The van der Waals surface area contributed by atoms with Gasteiger partial charge >= 0.3 is 0 Å². The average molecular weight is 251 g/mol. The van der Waals surface area contributed by atoms with Gasteiger partial charge in [-0.15, -0.1) is 0 Å². The van der Waals surface area contributed by atoms with Crippen molar-refractivity contribution in [1.29, 1.82) is 0 Å². The van der Waals surface area contributed by atoms with Crippen molar-refractivity contribution in [2.75, 3.05) is 52.9 Å². The normalized spacial score (nSPS) is 34.7. The van der Waals surface area contributed by atoms with Crippen LogP contribution in [0.4, 0.5) is 0 Å². The Morgan fingerprint density at radius 2 is 1.83 bits per heavy atom. The molecule has 1 spiro atoms. The molecule has 0 N–H and O–H groups in total. The summed E-state index contributed by atoms with van der Waals surface area (Å²) in [5.74, 6) is 0. The summed E-state index contributed by atoms with van der Waals surface area (Å²) < 4.78 is 0. The van der Waals surface area contributed by atoms with Crippen LogP contribution in [0.25, 0.3) is 0 Å². The third-order valence-corrected chi connectivity index (χ3v) is 5.57. The molecule has 0 aromatic rings. The van der Waals surface area contributed by atoms with E-state index in [1.165, 1.54) is 71.5 Å². The summed E-state index contributed by atoms with van der Waals surface area (Å²) in [6.45, 7) is 11.6. The average Bonchev–Trinajstić information content (AvgIpc) is 2.37. The lowest BCUT2D eigenvalue weighted by Crippen LogP contribution is -2.64. The standard InChI is InChI=1S/C15H29N3/c1-3-17-8-4-5-14(11-17)18-12-15(13-18)6-9-16(2)10-7-15/h14H,3-13H2,1-2H3. The lowest BCUT2D eigenvalue weighted by atomic mass is 9.71. The molecule has 1 atom stereocenters. The Labute approximate surface area is 112 Å². The fourth-order valence-electron chi connectivity index (χ4n) is 4.10. The Morgan fingerprint density at radius 1 is 1.11 bits per heavy atom. The predicted octanol–water partition coefficient (Wildman–Crippen LogP) is 1.50. The summed E-state index contributed by atoms with van der Waals surface area (Å²) in [5.41, 5.74) is 0.709. The molecular weight excluding hydrogens is 222 g/mol. The smallest absolute Gasteiger partial charge is 0.0224 e. The summed E-state index contributed by atoms with van der Waals surface area (Å²) in [4.78, 5) is 7.91. The predicted molar refractivity (Wildman–Crippen MR) is 75.9 cm³/mol. The third-order valence-electron chi connectivity index (χ3n) is 5.57. The van der Waals surface area contributed by atoms with Gasteiger partial charge in [0.2, 0.25) is 0 Å². The minimum absolute atomic E-state index is 0.709. The molecule has 3 rings (SSSR count). The molecule has 18 heavy (non-hydrogen) atoms. The molecule has 3 heterocycles. The van der Waals surface area contributed by atoms with Crippen molar-refractivity contribution in [3.63, 3.8) is 0 Å². The van der Waals surface area contributed by atoms with Crippen LogP contribution in [-0.2, 0) is 0 Å². The van der Waals surface area contributed by atoms with Gasteiger partial charge in [-0.2, -0.15) is 0 Å². The van der Waals surface area contributed by atoms with E-state index in [0.717, 1.165) is 6.04 Å². The van der Waals surface area contributed by atoms with Gasteiger partial charge in [-0.1, -0.05) is 6.92 Å². The Balaban J connectivity index is 1.49. The van der Waals surface area contributed by atoms with E-state index in [0.29, 0.717) is 5.41 Å². The lowest BCUT2D eigenvalue weighted by Gasteiger charge is -2.57. The minimum Gasteiger partial charge on any atom is -0.306 e. The van der Waals surface area contributed by atoms with E-state index in [9.17, 15) is 0 Å². The highest BCUT2D eigenvalue weighted by Gasteiger charge is 2.46. The first kappa shape index (κ1) is 12.9. The quantitative estimate of drug-likeness (QED) is 0.736. The lowest BCUT2D eigenvalue weighted by molar-refractivity contribution is -0.0793. The van der Waals surface area contributed by atoms with Gasteiger partial charge in [0, 0.05) is 25.7 Å². The molecule has 0 saturated carbocycles. The fourth-order valence-corrected chi connectivity index (χ4v) is 4.10. The second-order valence-corrected chi connectivity index (χ2v) is 6.90. The third kappa shape index (κ3) is 2.45. The molecule has 3 aliphatic heterocycles. The first-order valence-corrected chi connectivity index (χ1v) is 7.86. The monoisotopic (exact) mass is 251 g/mol. The van der Waals surface area contributed by atoms with Gasteiger partial charge in [-0.25, -0.2) is 0 Å². The molecule has 3 fully saturated rings. The molecule has 3 heteroatoms. The second kappa shape index (κ2) is 5.10. The van der Waals surface area contributed by atoms with Crippen LogP contribution in [-0.4, -0.2) is 73.6 Å². The summed E-state index contributed by atoms with van der Waals surface area (Å²) in [6, 6.07) is 0.865. The van der Waals surface area contributed by atoms with Gasteiger partial charge in [0.05, 0.1) is 0 Å². The van der Waals surface area contributed by atoms with Gasteiger partial charge in [-0.05, 0) is 64.3 Å². The molecular formula is C15H29N3. The Kier molecular flexibility index (Phi) is 3.65. The number of likely N-dealkylation sites (N-methyl/N-ethyl adjacent to an activating group) is 1. The molecule has 0 amide bonds. The highest BCUT2D eigenvalue weighted by molar-refractivity contribution is 5.01. The number of rotatable bonds is 2. The number of nitrogens with zero attached hydrogens (tertiary/aromatic N) is 3. The van der Waals surface area contributed by atoms with E-state index in [4.69, 9.17) is 0 Å². The van der Waals surface area contributed by atoms with Crippen LogP contribution in [0.15, 0.2) is 0 Å². The van der Waals surface area contributed by atoms with Crippen molar-refractivity contribution >= 4 is 0 Å². The molecule has 0 aromatic heterocycles. The first-order valence-electron chi connectivity index (χ1n) is 7.86. The van der Waals surface area contributed by atoms with Crippen molar-refractivity contribution in [3.8, 4) is 0 Å². The molecule has 1 unspecified atom stereocenters. The largest absolute Gasteiger partial charge is 0.306 e. The zero-order valence-electron chi connectivity index (χ0n) is 12.2. The maximum atomic E-state index is 2.78. The second-order valence-electron chi connectivity index (χ2n) is 6.90. The molecule has 0 aromatic carbocycles. The van der Waals surface area contributed by atoms with Gasteiger partial charge < -0.3 is 9.80 Å². The molecule has 0 aliphatic carbocycles. The van der Waals surface area contributed by atoms with Gasteiger partial charge in [0.15, 0.2) is 0 Å². The number of hydrogen-bond donors (Lipinski definition) is 0. The maximum absolute atomic E-state index is 2.78. The number of likely N-dealkylation sites (tertiary alicyclic amines) is 3. The molecule has 3 nitrogen and oxygen atoms in total. The molecule has 3 saturated heterocycles. The van der Waals surface area contributed by atoms with Crippen molar-refractivity contribution < 1.29 is 0 Å². The molecule has 3 aliphatic rings. The SMILES string of the molecule is CCN1CCCC(N2CC3(CCN(C)CC3)C2)C1. The summed E-state index contributed by atoms with van der Waals surface area (Å²) in [6.07, 6.45) is 5.71. The summed E-state index contributed by atoms with van der Waals surface area (Å²) >= 11 is 0. The van der Waals surface area contributed by atoms with Crippen molar-refractivity contribution in [2.45, 2.75) is 38.6 Å². The fraction of sp³-hybridized carbons (Fsp3) is 1.00. The van der Waals surface area contributed by atoms with Crippen LogP contribution in [0.2, 0.25) is 0 Å². The number of piperidine rings is 2. The molecule has 104 valence electrons. The Bertz CT molecular complexity index is 275. The van der Waals surface area contributed by atoms with Crippen LogP contribution in [0.5, 0.6) is 0 Å². The van der Waals surface area contributed by atoms with E-state index in [1.54, 1.807) is 0 Å². The number of hydrogen-bond acceptors (Lipinski definition) is 3. The molecule has 0 bridgehead atoms. The van der Waals surface area contributed by atoms with Gasteiger partial charge in [0.1, 0.15) is 0 Å².